The number of methoxy groups -OCH3 is 1. The zero-order chi connectivity index (χ0) is 17.4. The number of anilines is 1. The summed E-state index contributed by atoms with van der Waals surface area (Å²) in [5.41, 5.74) is 5.86. The number of amides is 1. The number of hydrogen-bond acceptors (Lipinski definition) is 4. The quantitative estimate of drug-likeness (QED) is 0.520. The summed E-state index contributed by atoms with van der Waals surface area (Å²) in [5, 5.41) is 3.21. The Morgan fingerprint density at radius 2 is 1.88 bits per heavy atom. The minimum atomic E-state index is -0.376. The van der Waals surface area contributed by atoms with E-state index >= 15 is 0 Å². The van der Waals surface area contributed by atoms with Gasteiger partial charge in [-0.1, -0.05) is 34.1 Å². The highest BCUT2D eigenvalue weighted by Gasteiger charge is 2.07. The number of hydrazine groups is 1. The number of para-hydroxylation sites is 2. The zero-order valence-corrected chi connectivity index (χ0v) is 15.2. The van der Waals surface area contributed by atoms with Gasteiger partial charge in [0.05, 0.1) is 7.11 Å². The molecule has 3 N–H and O–H groups in total. The highest BCUT2D eigenvalue weighted by Crippen LogP contribution is 2.25. The Kier molecular flexibility index (Phi) is 6.83. The van der Waals surface area contributed by atoms with Gasteiger partial charge in [-0.25, -0.2) is 0 Å². The average Bonchev–Trinajstić information content (AvgIpc) is 2.58. The number of thiocarbonyl (C=S) groups is 1. The first-order valence-electron chi connectivity index (χ1n) is 6.95. The molecule has 0 bridgehead atoms. The van der Waals surface area contributed by atoms with Crippen molar-refractivity contribution in [3.05, 3.63) is 53.0 Å². The molecule has 0 aliphatic carbocycles. The maximum atomic E-state index is 11.8. The maximum absolute atomic E-state index is 11.8. The van der Waals surface area contributed by atoms with Gasteiger partial charge in [-0.3, -0.25) is 15.6 Å². The molecule has 8 heteroatoms. The third kappa shape index (κ3) is 5.71. The van der Waals surface area contributed by atoms with Crippen molar-refractivity contribution < 1.29 is 14.3 Å². The number of nitrogens with one attached hydrogen (secondary N) is 3. The second-order valence-corrected chi connectivity index (χ2v) is 5.90. The van der Waals surface area contributed by atoms with E-state index in [1.54, 1.807) is 18.2 Å². The van der Waals surface area contributed by atoms with E-state index in [-0.39, 0.29) is 17.6 Å². The number of ether oxygens (including phenoxy) is 2. The van der Waals surface area contributed by atoms with Gasteiger partial charge in [0.25, 0.3) is 5.91 Å². The first-order valence-corrected chi connectivity index (χ1v) is 8.16. The fourth-order valence-electron chi connectivity index (χ4n) is 1.77. The Hall–Kier alpha value is -2.32. The molecule has 2 rings (SSSR count). The lowest BCUT2D eigenvalue weighted by atomic mass is 10.3. The Labute approximate surface area is 153 Å². The van der Waals surface area contributed by atoms with Crippen LogP contribution in [0.2, 0.25) is 0 Å². The van der Waals surface area contributed by atoms with Crippen molar-refractivity contribution in [3.8, 4) is 11.5 Å². The van der Waals surface area contributed by atoms with E-state index in [0.29, 0.717) is 11.5 Å². The molecule has 2 aromatic carbocycles. The van der Waals surface area contributed by atoms with Crippen molar-refractivity contribution in [2.24, 2.45) is 0 Å². The highest BCUT2D eigenvalue weighted by atomic mass is 79.9. The summed E-state index contributed by atoms with van der Waals surface area (Å²) in [7, 11) is 1.54. The van der Waals surface area contributed by atoms with Crippen molar-refractivity contribution in [3.63, 3.8) is 0 Å². The summed E-state index contributed by atoms with van der Waals surface area (Å²) in [6.07, 6.45) is 0. The number of carbonyl (C=O) groups excluding carboxylic acids is 1. The molecule has 0 aromatic heterocycles. The summed E-state index contributed by atoms with van der Waals surface area (Å²) in [4.78, 5) is 11.8. The molecule has 0 aliphatic rings. The number of rotatable bonds is 5. The van der Waals surface area contributed by atoms with Crippen LogP contribution in [0.15, 0.2) is 53.0 Å². The zero-order valence-electron chi connectivity index (χ0n) is 12.8. The number of hydrogen-bond donors (Lipinski definition) is 3. The molecular weight excluding hydrogens is 394 g/mol. The molecule has 0 unspecified atom stereocenters. The molecule has 24 heavy (non-hydrogen) atoms. The van der Waals surface area contributed by atoms with Crippen molar-refractivity contribution in [2.45, 2.75) is 0 Å². The fraction of sp³-hybridized carbons (Fsp3) is 0.125. The molecule has 0 saturated carbocycles. The van der Waals surface area contributed by atoms with Crippen LogP contribution in [0, 0.1) is 0 Å². The van der Waals surface area contributed by atoms with E-state index in [4.69, 9.17) is 21.7 Å². The van der Waals surface area contributed by atoms with Crippen molar-refractivity contribution in [1.82, 2.24) is 10.9 Å². The van der Waals surface area contributed by atoms with Crippen LogP contribution in [-0.2, 0) is 4.79 Å². The summed E-state index contributed by atoms with van der Waals surface area (Å²) in [6.45, 7) is -0.174. The lowest BCUT2D eigenvalue weighted by Gasteiger charge is -2.13. The van der Waals surface area contributed by atoms with Gasteiger partial charge in [-0.15, -0.1) is 0 Å². The van der Waals surface area contributed by atoms with E-state index in [1.165, 1.54) is 7.11 Å². The van der Waals surface area contributed by atoms with E-state index < -0.39 is 0 Å². The van der Waals surface area contributed by atoms with E-state index in [9.17, 15) is 4.79 Å². The molecule has 0 fully saturated rings. The van der Waals surface area contributed by atoms with Crippen LogP contribution in [0.3, 0.4) is 0 Å². The third-order valence-electron chi connectivity index (χ3n) is 2.83. The van der Waals surface area contributed by atoms with Crippen LogP contribution < -0.4 is 25.6 Å². The van der Waals surface area contributed by atoms with Gasteiger partial charge in [0.1, 0.15) is 0 Å². The molecule has 0 atom stereocenters. The van der Waals surface area contributed by atoms with Crippen LogP contribution in [0.1, 0.15) is 0 Å². The fourth-order valence-corrected chi connectivity index (χ4v) is 2.34. The largest absolute Gasteiger partial charge is 0.493 e. The normalized spacial score (nSPS) is 9.75. The van der Waals surface area contributed by atoms with Crippen LogP contribution >= 0.6 is 28.1 Å². The monoisotopic (exact) mass is 409 g/mol. The summed E-state index contributed by atoms with van der Waals surface area (Å²) < 4.78 is 11.5. The van der Waals surface area contributed by atoms with Crippen LogP contribution in [0.25, 0.3) is 0 Å². The summed E-state index contributed by atoms with van der Waals surface area (Å²) >= 11 is 8.47. The van der Waals surface area contributed by atoms with Crippen molar-refractivity contribution in [1.29, 1.82) is 0 Å². The van der Waals surface area contributed by atoms with Gasteiger partial charge in [0.15, 0.2) is 23.2 Å². The molecule has 0 heterocycles. The Bertz CT molecular complexity index is 727. The van der Waals surface area contributed by atoms with Crippen LogP contribution in [-0.4, -0.2) is 24.7 Å². The SMILES string of the molecule is COc1ccccc1OCC(=O)NNC(=S)Nc1cccc(Br)c1. The molecular formula is C16H16BrN3O3S. The maximum Gasteiger partial charge on any atom is 0.276 e. The van der Waals surface area contributed by atoms with Crippen LogP contribution in [0.4, 0.5) is 5.69 Å². The first kappa shape index (κ1) is 18.0. The van der Waals surface area contributed by atoms with Gasteiger partial charge in [0, 0.05) is 10.2 Å². The Morgan fingerprint density at radius 3 is 2.58 bits per heavy atom. The minimum absolute atomic E-state index is 0.174. The molecule has 0 saturated heterocycles. The molecule has 126 valence electrons. The molecule has 0 spiro atoms. The van der Waals surface area contributed by atoms with E-state index in [1.807, 2.05) is 30.3 Å². The molecule has 0 radical (unpaired) electrons. The van der Waals surface area contributed by atoms with Crippen LogP contribution in [0.5, 0.6) is 11.5 Å². The smallest absolute Gasteiger partial charge is 0.276 e. The lowest BCUT2D eigenvalue weighted by Crippen LogP contribution is -2.45. The van der Waals surface area contributed by atoms with E-state index in [0.717, 1.165) is 10.2 Å². The van der Waals surface area contributed by atoms with E-state index in [2.05, 4.69) is 32.1 Å². The molecule has 2 aromatic rings. The third-order valence-corrected chi connectivity index (χ3v) is 3.52. The van der Waals surface area contributed by atoms with Gasteiger partial charge in [-0.2, -0.15) is 0 Å². The number of halogens is 1. The second kappa shape index (κ2) is 9.09. The van der Waals surface area contributed by atoms with Gasteiger partial charge >= 0.3 is 0 Å². The van der Waals surface area contributed by atoms with Gasteiger partial charge in [-0.05, 0) is 42.5 Å². The average molecular weight is 410 g/mol. The predicted molar refractivity (Wildman–Crippen MR) is 100 cm³/mol. The van der Waals surface area contributed by atoms with Gasteiger partial charge in [0.2, 0.25) is 0 Å². The van der Waals surface area contributed by atoms with Crippen molar-refractivity contribution in [2.75, 3.05) is 19.0 Å². The number of benzene rings is 2. The highest BCUT2D eigenvalue weighted by molar-refractivity contribution is 9.10. The number of carbonyl (C=O) groups is 1. The first-order chi connectivity index (χ1) is 11.6. The lowest BCUT2D eigenvalue weighted by molar-refractivity contribution is -0.123. The van der Waals surface area contributed by atoms with Crippen molar-refractivity contribution >= 4 is 44.9 Å². The molecule has 0 aliphatic heterocycles. The summed E-state index contributed by atoms with van der Waals surface area (Å²) in [5.74, 6) is 0.675. The molecule has 6 nitrogen and oxygen atoms in total. The topological polar surface area (TPSA) is 71.6 Å². The standard InChI is InChI=1S/C16H16BrN3O3S/c1-22-13-7-2-3-8-14(13)23-10-15(21)19-20-16(24)18-12-6-4-5-11(17)9-12/h2-9H,10H2,1H3,(H,19,21)(H2,18,20,24). The Morgan fingerprint density at radius 1 is 1.12 bits per heavy atom. The predicted octanol–water partition coefficient (Wildman–Crippen LogP) is 2.85. The van der Waals surface area contributed by atoms with Gasteiger partial charge < -0.3 is 14.8 Å². The Balaban J connectivity index is 1.75. The minimum Gasteiger partial charge on any atom is -0.493 e. The second-order valence-electron chi connectivity index (χ2n) is 4.58. The molecule has 1 amide bonds. The summed E-state index contributed by atoms with van der Waals surface area (Å²) in [6, 6.07) is 14.6.